The highest BCUT2D eigenvalue weighted by Crippen LogP contribution is 2.14. The SMILES string of the molecule is COc1cccc(CCC(=O)Nc2[nH]ncc2C)c1. The van der Waals surface area contributed by atoms with Crippen molar-refractivity contribution in [2.45, 2.75) is 19.8 Å². The molecule has 2 aromatic rings. The molecule has 1 aromatic heterocycles. The number of anilines is 1. The van der Waals surface area contributed by atoms with Gasteiger partial charge < -0.3 is 10.1 Å². The number of nitrogens with one attached hydrogen (secondary N) is 2. The van der Waals surface area contributed by atoms with Crippen molar-refractivity contribution in [2.75, 3.05) is 12.4 Å². The van der Waals surface area contributed by atoms with Crippen LogP contribution in [-0.2, 0) is 11.2 Å². The summed E-state index contributed by atoms with van der Waals surface area (Å²) in [4.78, 5) is 11.8. The van der Waals surface area contributed by atoms with Gasteiger partial charge in [0.05, 0.1) is 13.3 Å². The van der Waals surface area contributed by atoms with E-state index in [1.54, 1.807) is 13.3 Å². The molecule has 19 heavy (non-hydrogen) atoms. The number of aromatic amines is 1. The number of aryl methyl sites for hydroxylation is 2. The van der Waals surface area contributed by atoms with Crippen LogP contribution >= 0.6 is 0 Å². The maximum Gasteiger partial charge on any atom is 0.225 e. The summed E-state index contributed by atoms with van der Waals surface area (Å²) in [5.74, 6) is 1.44. The van der Waals surface area contributed by atoms with Crippen LogP contribution in [0.1, 0.15) is 17.5 Å². The molecule has 0 saturated carbocycles. The maximum atomic E-state index is 11.8. The molecule has 0 aliphatic carbocycles. The normalized spacial score (nSPS) is 10.2. The molecule has 0 spiro atoms. The number of hydrogen-bond acceptors (Lipinski definition) is 3. The van der Waals surface area contributed by atoms with Gasteiger partial charge in [0.1, 0.15) is 11.6 Å². The molecule has 0 radical (unpaired) electrons. The Labute approximate surface area is 112 Å². The zero-order chi connectivity index (χ0) is 13.7. The van der Waals surface area contributed by atoms with E-state index in [0.717, 1.165) is 16.9 Å². The third-order valence-electron chi connectivity index (χ3n) is 2.87. The number of carbonyl (C=O) groups excluding carboxylic acids is 1. The summed E-state index contributed by atoms with van der Waals surface area (Å²) in [5.41, 5.74) is 2.01. The van der Waals surface area contributed by atoms with E-state index in [1.165, 1.54) is 0 Å². The lowest BCUT2D eigenvalue weighted by atomic mass is 10.1. The van der Waals surface area contributed by atoms with Gasteiger partial charge in [0.25, 0.3) is 0 Å². The number of hydrogen-bond donors (Lipinski definition) is 2. The van der Waals surface area contributed by atoms with E-state index in [0.29, 0.717) is 18.7 Å². The molecule has 0 aliphatic rings. The Morgan fingerprint density at radius 1 is 1.47 bits per heavy atom. The van der Waals surface area contributed by atoms with Crippen molar-refractivity contribution in [1.29, 1.82) is 0 Å². The summed E-state index contributed by atoms with van der Waals surface area (Å²) in [6, 6.07) is 7.73. The highest BCUT2D eigenvalue weighted by molar-refractivity contribution is 5.90. The summed E-state index contributed by atoms with van der Waals surface area (Å²) in [5, 5.41) is 9.41. The number of ether oxygens (including phenoxy) is 1. The average Bonchev–Trinajstić information content (AvgIpc) is 2.82. The monoisotopic (exact) mass is 259 g/mol. The van der Waals surface area contributed by atoms with Crippen LogP contribution in [0.25, 0.3) is 0 Å². The van der Waals surface area contributed by atoms with Gasteiger partial charge in [-0.3, -0.25) is 9.89 Å². The fourth-order valence-electron chi connectivity index (χ4n) is 1.76. The molecule has 1 amide bonds. The summed E-state index contributed by atoms with van der Waals surface area (Å²) in [7, 11) is 1.63. The Morgan fingerprint density at radius 2 is 2.32 bits per heavy atom. The van der Waals surface area contributed by atoms with Gasteiger partial charge in [0, 0.05) is 12.0 Å². The van der Waals surface area contributed by atoms with Crippen LogP contribution in [0.15, 0.2) is 30.5 Å². The first-order chi connectivity index (χ1) is 9.19. The molecule has 1 aromatic carbocycles. The van der Waals surface area contributed by atoms with Crippen LogP contribution in [0.2, 0.25) is 0 Å². The predicted molar refractivity (Wildman–Crippen MR) is 73.3 cm³/mol. The second kappa shape index (κ2) is 6.04. The molecule has 0 unspecified atom stereocenters. The molecule has 0 aliphatic heterocycles. The number of nitrogens with zero attached hydrogens (tertiary/aromatic N) is 1. The Hall–Kier alpha value is -2.30. The minimum atomic E-state index is -0.0323. The standard InChI is InChI=1S/C14H17N3O2/c1-10-9-15-17-14(10)16-13(18)7-6-11-4-3-5-12(8-11)19-2/h3-5,8-9H,6-7H2,1-2H3,(H2,15,16,17,18). The molecule has 0 saturated heterocycles. The van der Waals surface area contributed by atoms with Gasteiger partial charge >= 0.3 is 0 Å². The van der Waals surface area contributed by atoms with Crippen molar-refractivity contribution >= 4 is 11.7 Å². The minimum Gasteiger partial charge on any atom is -0.497 e. The minimum absolute atomic E-state index is 0.0323. The lowest BCUT2D eigenvalue weighted by Crippen LogP contribution is -2.13. The van der Waals surface area contributed by atoms with Gasteiger partial charge in [-0.2, -0.15) is 5.10 Å². The second-order valence-corrected chi connectivity index (χ2v) is 4.33. The fourth-order valence-corrected chi connectivity index (χ4v) is 1.76. The first-order valence-electron chi connectivity index (χ1n) is 6.12. The highest BCUT2D eigenvalue weighted by atomic mass is 16.5. The lowest BCUT2D eigenvalue weighted by Gasteiger charge is -2.05. The number of amides is 1. The average molecular weight is 259 g/mol. The van der Waals surface area contributed by atoms with Crippen LogP contribution in [0.3, 0.4) is 0 Å². The second-order valence-electron chi connectivity index (χ2n) is 4.33. The van der Waals surface area contributed by atoms with Crippen molar-refractivity contribution < 1.29 is 9.53 Å². The third kappa shape index (κ3) is 3.58. The van der Waals surface area contributed by atoms with E-state index in [1.807, 2.05) is 31.2 Å². The number of carbonyl (C=O) groups is 1. The molecule has 0 atom stereocenters. The van der Waals surface area contributed by atoms with Crippen LogP contribution in [0, 0.1) is 6.92 Å². The maximum absolute atomic E-state index is 11.8. The van der Waals surface area contributed by atoms with Gasteiger partial charge in [-0.1, -0.05) is 12.1 Å². The van der Waals surface area contributed by atoms with E-state index >= 15 is 0 Å². The molecule has 2 rings (SSSR count). The van der Waals surface area contributed by atoms with Gasteiger partial charge in [-0.15, -0.1) is 0 Å². The molecule has 0 fully saturated rings. The van der Waals surface area contributed by atoms with Crippen molar-refractivity contribution in [2.24, 2.45) is 0 Å². The predicted octanol–water partition coefficient (Wildman–Crippen LogP) is 2.30. The van der Waals surface area contributed by atoms with E-state index in [9.17, 15) is 4.79 Å². The summed E-state index contributed by atoms with van der Waals surface area (Å²) in [6.07, 6.45) is 2.78. The molecular formula is C14H17N3O2. The van der Waals surface area contributed by atoms with Gasteiger partial charge in [0.2, 0.25) is 5.91 Å². The number of aromatic nitrogens is 2. The zero-order valence-electron chi connectivity index (χ0n) is 11.1. The Balaban J connectivity index is 1.88. The van der Waals surface area contributed by atoms with Crippen molar-refractivity contribution in [3.63, 3.8) is 0 Å². The summed E-state index contributed by atoms with van der Waals surface area (Å²) < 4.78 is 5.15. The van der Waals surface area contributed by atoms with E-state index in [2.05, 4.69) is 15.5 Å². The van der Waals surface area contributed by atoms with Crippen LogP contribution < -0.4 is 10.1 Å². The molecule has 0 bridgehead atoms. The number of rotatable bonds is 5. The lowest BCUT2D eigenvalue weighted by molar-refractivity contribution is -0.116. The first kappa shape index (κ1) is 13.1. The number of H-pyrrole nitrogens is 1. The van der Waals surface area contributed by atoms with Crippen LogP contribution in [0.4, 0.5) is 5.82 Å². The third-order valence-corrected chi connectivity index (χ3v) is 2.87. The highest BCUT2D eigenvalue weighted by Gasteiger charge is 2.06. The van der Waals surface area contributed by atoms with E-state index in [-0.39, 0.29) is 5.91 Å². The van der Waals surface area contributed by atoms with Crippen molar-refractivity contribution in [1.82, 2.24) is 10.2 Å². The van der Waals surface area contributed by atoms with E-state index in [4.69, 9.17) is 4.74 Å². The summed E-state index contributed by atoms with van der Waals surface area (Å²) in [6.45, 7) is 1.89. The summed E-state index contributed by atoms with van der Waals surface area (Å²) >= 11 is 0. The Morgan fingerprint density at radius 3 is 3.00 bits per heavy atom. The Bertz CT molecular complexity index is 563. The van der Waals surface area contributed by atoms with Crippen LogP contribution in [-0.4, -0.2) is 23.2 Å². The van der Waals surface area contributed by atoms with Crippen LogP contribution in [0.5, 0.6) is 5.75 Å². The van der Waals surface area contributed by atoms with Gasteiger partial charge in [-0.25, -0.2) is 0 Å². The molecular weight excluding hydrogens is 242 g/mol. The van der Waals surface area contributed by atoms with Crippen molar-refractivity contribution in [3.05, 3.63) is 41.6 Å². The largest absolute Gasteiger partial charge is 0.497 e. The van der Waals surface area contributed by atoms with Gasteiger partial charge in [0.15, 0.2) is 0 Å². The smallest absolute Gasteiger partial charge is 0.225 e. The molecule has 5 nitrogen and oxygen atoms in total. The molecule has 1 heterocycles. The first-order valence-corrected chi connectivity index (χ1v) is 6.12. The zero-order valence-corrected chi connectivity index (χ0v) is 11.1. The van der Waals surface area contributed by atoms with Crippen molar-refractivity contribution in [3.8, 4) is 5.75 Å². The number of benzene rings is 1. The Kier molecular flexibility index (Phi) is 4.18. The quantitative estimate of drug-likeness (QED) is 0.865. The molecule has 5 heteroatoms. The number of methoxy groups -OCH3 is 1. The van der Waals surface area contributed by atoms with Gasteiger partial charge in [-0.05, 0) is 31.0 Å². The van der Waals surface area contributed by atoms with E-state index < -0.39 is 0 Å². The molecule has 100 valence electrons. The molecule has 2 N–H and O–H groups in total. The topological polar surface area (TPSA) is 67.0 Å². The fraction of sp³-hybridized carbons (Fsp3) is 0.286.